The Kier molecular flexibility index (Phi) is 4.46. The van der Waals surface area contributed by atoms with Gasteiger partial charge in [-0.15, -0.1) is 0 Å². The van der Waals surface area contributed by atoms with E-state index in [0.29, 0.717) is 12.5 Å². The van der Waals surface area contributed by atoms with Crippen LogP contribution in [-0.4, -0.2) is 30.0 Å². The van der Waals surface area contributed by atoms with Crippen LogP contribution in [0.25, 0.3) is 0 Å². The Morgan fingerprint density at radius 1 is 1.67 bits per heavy atom. The first-order chi connectivity index (χ1) is 7.03. The highest BCUT2D eigenvalue weighted by Crippen LogP contribution is 2.39. The Morgan fingerprint density at radius 2 is 2.27 bits per heavy atom. The summed E-state index contributed by atoms with van der Waals surface area (Å²) in [6.45, 7) is 4.57. The molecule has 0 saturated heterocycles. The van der Waals surface area contributed by atoms with E-state index in [9.17, 15) is 4.79 Å². The second-order valence-electron chi connectivity index (χ2n) is 4.74. The van der Waals surface area contributed by atoms with Gasteiger partial charge in [0.2, 0.25) is 5.91 Å². The Morgan fingerprint density at radius 3 is 2.67 bits per heavy atom. The van der Waals surface area contributed by atoms with Gasteiger partial charge in [0.1, 0.15) is 0 Å². The number of nitrogens with two attached hydrogens (primary N) is 1. The molecule has 1 aliphatic carbocycles. The molecule has 3 N–H and O–H groups in total. The highest BCUT2D eigenvalue weighted by Gasteiger charge is 2.41. The van der Waals surface area contributed by atoms with Crippen molar-refractivity contribution in [3.63, 3.8) is 0 Å². The zero-order chi connectivity index (χ0) is 11.5. The zero-order valence-electron chi connectivity index (χ0n) is 9.88. The van der Waals surface area contributed by atoms with E-state index in [1.54, 1.807) is 11.8 Å². The second-order valence-corrected chi connectivity index (χ2v) is 5.65. The molecule has 1 fully saturated rings. The third kappa shape index (κ3) is 3.38. The standard InChI is InChI=1S/C11H22N2OS/c1-8(6-15-3)10(14)13-11(2,7-12)9-4-5-9/h8-9H,4-7,12H2,1-3H3,(H,13,14). The van der Waals surface area contributed by atoms with Crippen LogP contribution in [0.5, 0.6) is 0 Å². The van der Waals surface area contributed by atoms with Gasteiger partial charge in [0, 0.05) is 18.2 Å². The molecule has 0 spiro atoms. The normalized spacial score (nSPS) is 21.9. The molecule has 88 valence electrons. The minimum atomic E-state index is -0.177. The van der Waals surface area contributed by atoms with E-state index >= 15 is 0 Å². The lowest BCUT2D eigenvalue weighted by atomic mass is 9.95. The molecule has 3 nitrogen and oxygen atoms in total. The number of carbonyl (C=O) groups is 1. The molecule has 15 heavy (non-hydrogen) atoms. The van der Waals surface area contributed by atoms with Crippen LogP contribution in [0.2, 0.25) is 0 Å². The van der Waals surface area contributed by atoms with Gasteiger partial charge >= 0.3 is 0 Å². The molecule has 0 heterocycles. The van der Waals surface area contributed by atoms with E-state index in [0.717, 1.165) is 5.75 Å². The fraction of sp³-hybridized carbons (Fsp3) is 0.909. The number of thioether (sulfide) groups is 1. The molecule has 0 aromatic rings. The maximum absolute atomic E-state index is 11.9. The first kappa shape index (κ1) is 12.8. The number of rotatable bonds is 6. The van der Waals surface area contributed by atoms with E-state index in [-0.39, 0.29) is 17.4 Å². The molecule has 0 aromatic heterocycles. The number of nitrogens with one attached hydrogen (secondary N) is 1. The van der Waals surface area contributed by atoms with Gasteiger partial charge in [-0.2, -0.15) is 11.8 Å². The molecule has 0 radical (unpaired) electrons. The average Bonchev–Trinajstić information content (AvgIpc) is 3.01. The highest BCUT2D eigenvalue weighted by atomic mass is 32.2. The Labute approximate surface area is 96.6 Å². The minimum absolute atomic E-state index is 0.0737. The van der Waals surface area contributed by atoms with Crippen molar-refractivity contribution < 1.29 is 4.79 Å². The molecule has 0 aromatic carbocycles. The van der Waals surface area contributed by atoms with Gasteiger partial charge < -0.3 is 11.1 Å². The quantitative estimate of drug-likeness (QED) is 0.721. The van der Waals surface area contributed by atoms with Crippen LogP contribution >= 0.6 is 11.8 Å². The number of amides is 1. The summed E-state index contributed by atoms with van der Waals surface area (Å²) in [5.74, 6) is 1.68. The molecular formula is C11H22N2OS. The molecule has 1 amide bonds. The van der Waals surface area contributed by atoms with Gasteiger partial charge in [0.15, 0.2) is 0 Å². The molecule has 4 heteroatoms. The van der Waals surface area contributed by atoms with Gasteiger partial charge in [-0.1, -0.05) is 6.92 Å². The largest absolute Gasteiger partial charge is 0.349 e. The SMILES string of the molecule is CSCC(C)C(=O)NC(C)(CN)C1CC1. The van der Waals surface area contributed by atoms with Crippen molar-refractivity contribution in [1.29, 1.82) is 0 Å². The number of carbonyl (C=O) groups excluding carboxylic acids is 1. The zero-order valence-corrected chi connectivity index (χ0v) is 10.7. The van der Waals surface area contributed by atoms with Crippen molar-refractivity contribution in [3.05, 3.63) is 0 Å². The maximum Gasteiger partial charge on any atom is 0.224 e. The van der Waals surface area contributed by atoms with Gasteiger partial charge in [-0.3, -0.25) is 4.79 Å². The number of hydrogen-bond donors (Lipinski definition) is 2. The smallest absolute Gasteiger partial charge is 0.224 e. The summed E-state index contributed by atoms with van der Waals surface area (Å²) in [6.07, 6.45) is 4.42. The summed E-state index contributed by atoms with van der Waals surface area (Å²) in [6, 6.07) is 0. The molecular weight excluding hydrogens is 208 g/mol. The third-order valence-electron chi connectivity index (χ3n) is 3.18. The average molecular weight is 230 g/mol. The highest BCUT2D eigenvalue weighted by molar-refractivity contribution is 7.98. The lowest BCUT2D eigenvalue weighted by Crippen LogP contribution is -2.54. The minimum Gasteiger partial charge on any atom is -0.349 e. The van der Waals surface area contributed by atoms with Crippen molar-refractivity contribution >= 4 is 17.7 Å². The lowest BCUT2D eigenvalue weighted by molar-refractivity contribution is -0.125. The topological polar surface area (TPSA) is 55.1 Å². The van der Waals surface area contributed by atoms with Gasteiger partial charge in [0.25, 0.3) is 0 Å². The van der Waals surface area contributed by atoms with E-state index in [1.165, 1.54) is 12.8 Å². The molecule has 0 bridgehead atoms. The third-order valence-corrected chi connectivity index (χ3v) is 4.01. The van der Waals surface area contributed by atoms with Crippen molar-refractivity contribution in [2.24, 2.45) is 17.6 Å². The van der Waals surface area contributed by atoms with Crippen molar-refractivity contribution in [2.75, 3.05) is 18.6 Å². The summed E-state index contributed by atoms with van der Waals surface area (Å²) in [4.78, 5) is 11.9. The predicted octanol–water partition coefficient (Wildman–Crippen LogP) is 1.23. The monoisotopic (exact) mass is 230 g/mol. The van der Waals surface area contributed by atoms with Gasteiger partial charge in [-0.25, -0.2) is 0 Å². The van der Waals surface area contributed by atoms with Crippen molar-refractivity contribution in [2.45, 2.75) is 32.2 Å². The fourth-order valence-corrected chi connectivity index (χ4v) is 2.42. The first-order valence-corrected chi connectivity index (χ1v) is 6.94. The van der Waals surface area contributed by atoms with Crippen LogP contribution in [0.1, 0.15) is 26.7 Å². The van der Waals surface area contributed by atoms with Gasteiger partial charge in [-0.05, 0) is 31.9 Å². The molecule has 2 atom stereocenters. The molecule has 1 saturated carbocycles. The van der Waals surface area contributed by atoms with Crippen LogP contribution in [0.3, 0.4) is 0 Å². The molecule has 1 rings (SSSR count). The maximum atomic E-state index is 11.9. The fourth-order valence-electron chi connectivity index (χ4n) is 1.77. The summed E-state index contributed by atoms with van der Waals surface area (Å²) in [7, 11) is 0. The van der Waals surface area contributed by atoms with Crippen LogP contribution in [0.15, 0.2) is 0 Å². The van der Waals surface area contributed by atoms with Crippen LogP contribution < -0.4 is 11.1 Å². The van der Waals surface area contributed by atoms with E-state index in [4.69, 9.17) is 5.73 Å². The Hall–Kier alpha value is -0.220. The van der Waals surface area contributed by atoms with Crippen LogP contribution in [0.4, 0.5) is 0 Å². The summed E-state index contributed by atoms with van der Waals surface area (Å²) in [5, 5.41) is 3.11. The van der Waals surface area contributed by atoms with E-state index in [2.05, 4.69) is 12.2 Å². The van der Waals surface area contributed by atoms with Crippen LogP contribution in [0, 0.1) is 11.8 Å². The van der Waals surface area contributed by atoms with E-state index < -0.39 is 0 Å². The summed E-state index contributed by atoms with van der Waals surface area (Å²) < 4.78 is 0. The Balaban J connectivity index is 2.47. The second kappa shape index (κ2) is 5.21. The van der Waals surface area contributed by atoms with Crippen LogP contribution in [-0.2, 0) is 4.79 Å². The molecule has 2 unspecified atom stereocenters. The summed E-state index contributed by atoms with van der Waals surface area (Å²) >= 11 is 1.70. The van der Waals surface area contributed by atoms with Crippen molar-refractivity contribution in [3.8, 4) is 0 Å². The lowest BCUT2D eigenvalue weighted by Gasteiger charge is -2.30. The molecule has 0 aliphatic heterocycles. The molecule has 1 aliphatic rings. The number of hydrogen-bond acceptors (Lipinski definition) is 3. The first-order valence-electron chi connectivity index (χ1n) is 5.54. The summed E-state index contributed by atoms with van der Waals surface area (Å²) in [5.41, 5.74) is 5.57. The Bertz CT molecular complexity index is 231. The van der Waals surface area contributed by atoms with Crippen molar-refractivity contribution in [1.82, 2.24) is 5.32 Å². The predicted molar refractivity (Wildman–Crippen MR) is 65.9 cm³/mol. The van der Waals surface area contributed by atoms with E-state index in [1.807, 2.05) is 13.2 Å². The van der Waals surface area contributed by atoms with Gasteiger partial charge in [0.05, 0.1) is 5.54 Å².